The minimum atomic E-state index is -0.00372. The molecule has 0 saturated carbocycles. The van der Waals surface area contributed by atoms with Gasteiger partial charge >= 0.3 is 0 Å². The van der Waals surface area contributed by atoms with Crippen LogP contribution in [-0.2, 0) is 17.8 Å². The molecule has 1 amide bonds. The number of ether oxygens (including phenoxy) is 2. The van der Waals surface area contributed by atoms with Crippen LogP contribution in [0, 0.1) is 0 Å². The molecule has 110 valence electrons. The number of nitrogens with one attached hydrogen (secondary N) is 1. The van der Waals surface area contributed by atoms with Gasteiger partial charge in [0.15, 0.2) is 11.5 Å². The van der Waals surface area contributed by atoms with Gasteiger partial charge < -0.3 is 14.8 Å². The highest BCUT2D eigenvalue weighted by Gasteiger charge is 2.06. The highest BCUT2D eigenvalue weighted by atomic mass is 16.5. The molecular formula is C17H19NO3. The molecule has 1 N–H and O–H groups in total. The van der Waals surface area contributed by atoms with Crippen LogP contribution in [0.15, 0.2) is 48.5 Å². The summed E-state index contributed by atoms with van der Waals surface area (Å²) in [6.45, 7) is 0.464. The van der Waals surface area contributed by atoms with E-state index in [0.29, 0.717) is 24.5 Å². The van der Waals surface area contributed by atoms with E-state index in [2.05, 4.69) is 5.32 Å². The van der Waals surface area contributed by atoms with E-state index >= 15 is 0 Å². The van der Waals surface area contributed by atoms with Crippen LogP contribution in [0.4, 0.5) is 0 Å². The van der Waals surface area contributed by atoms with Crippen molar-refractivity contribution in [3.63, 3.8) is 0 Å². The van der Waals surface area contributed by atoms with Crippen molar-refractivity contribution in [1.82, 2.24) is 5.32 Å². The Bertz CT molecular complexity index is 596. The predicted octanol–water partition coefficient (Wildman–Crippen LogP) is 2.56. The summed E-state index contributed by atoms with van der Waals surface area (Å²) in [6, 6.07) is 15.3. The zero-order valence-electron chi connectivity index (χ0n) is 12.3. The molecule has 0 radical (unpaired) electrons. The Balaban J connectivity index is 1.92. The Morgan fingerprint density at radius 3 is 2.33 bits per heavy atom. The highest BCUT2D eigenvalue weighted by Crippen LogP contribution is 2.27. The quantitative estimate of drug-likeness (QED) is 0.887. The topological polar surface area (TPSA) is 47.6 Å². The maximum Gasteiger partial charge on any atom is 0.224 e. The maximum atomic E-state index is 11.9. The first kappa shape index (κ1) is 14.9. The second kappa shape index (κ2) is 7.33. The van der Waals surface area contributed by atoms with Crippen LogP contribution in [0.2, 0.25) is 0 Å². The van der Waals surface area contributed by atoms with E-state index in [9.17, 15) is 4.79 Å². The van der Waals surface area contributed by atoms with E-state index in [0.717, 1.165) is 11.1 Å². The van der Waals surface area contributed by atoms with Gasteiger partial charge in [0.1, 0.15) is 0 Å². The fraction of sp³-hybridized carbons (Fsp3) is 0.235. The molecule has 0 aliphatic heterocycles. The van der Waals surface area contributed by atoms with Crippen molar-refractivity contribution in [2.24, 2.45) is 0 Å². The molecule has 4 heteroatoms. The number of carbonyl (C=O) groups excluding carboxylic acids is 1. The van der Waals surface area contributed by atoms with Crippen molar-refractivity contribution in [3.8, 4) is 11.5 Å². The molecule has 0 saturated heterocycles. The van der Waals surface area contributed by atoms with Crippen LogP contribution in [0.25, 0.3) is 0 Å². The van der Waals surface area contributed by atoms with Gasteiger partial charge in [0.25, 0.3) is 0 Å². The fourth-order valence-corrected chi connectivity index (χ4v) is 2.03. The Morgan fingerprint density at radius 1 is 0.952 bits per heavy atom. The van der Waals surface area contributed by atoms with Gasteiger partial charge in [-0.1, -0.05) is 36.4 Å². The number of methoxy groups -OCH3 is 2. The Labute approximate surface area is 124 Å². The second-order valence-corrected chi connectivity index (χ2v) is 4.63. The molecule has 0 fully saturated rings. The van der Waals surface area contributed by atoms with Gasteiger partial charge in [-0.2, -0.15) is 0 Å². The molecule has 0 aliphatic carbocycles. The van der Waals surface area contributed by atoms with Crippen molar-refractivity contribution in [2.75, 3.05) is 14.2 Å². The van der Waals surface area contributed by atoms with Crippen molar-refractivity contribution >= 4 is 5.91 Å². The van der Waals surface area contributed by atoms with Gasteiger partial charge in [0.05, 0.1) is 20.6 Å². The lowest BCUT2D eigenvalue weighted by molar-refractivity contribution is -0.120. The fourth-order valence-electron chi connectivity index (χ4n) is 2.03. The van der Waals surface area contributed by atoms with Gasteiger partial charge in [-0.3, -0.25) is 4.79 Å². The van der Waals surface area contributed by atoms with Gasteiger partial charge in [0, 0.05) is 6.54 Å². The Morgan fingerprint density at radius 2 is 1.67 bits per heavy atom. The molecule has 2 aromatic carbocycles. The second-order valence-electron chi connectivity index (χ2n) is 4.63. The maximum absolute atomic E-state index is 11.9. The molecule has 0 bridgehead atoms. The van der Waals surface area contributed by atoms with Crippen molar-refractivity contribution < 1.29 is 14.3 Å². The van der Waals surface area contributed by atoms with E-state index in [1.807, 2.05) is 48.5 Å². The zero-order chi connectivity index (χ0) is 15.1. The smallest absolute Gasteiger partial charge is 0.224 e. The summed E-state index contributed by atoms with van der Waals surface area (Å²) < 4.78 is 10.4. The molecule has 0 aromatic heterocycles. The van der Waals surface area contributed by atoms with E-state index in [-0.39, 0.29) is 5.91 Å². The van der Waals surface area contributed by atoms with Crippen LogP contribution in [0.1, 0.15) is 11.1 Å². The van der Waals surface area contributed by atoms with E-state index < -0.39 is 0 Å². The average molecular weight is 285 g/mol. The normalized spacial score (nSPS) is 10.0. The van der Waals surface area contributed by atoms with E-state index in [1.54, 1.807) is 14.2 Å². The third-order valence-corrected chi connectivity index (χ3v) is 3.15. The van der Waals surface area contributed by atoms with Gasteiger partial charge in [-0.15, -0.1) is 0 Å². The molecule has 2 rings (SSSR count). The number of amides is 1. The van der Waals surface area contributed by atoms with Crippen molar-refractivity contribution in [3.05, 3.63) is 59.7 Å². The third-order valence-electron chi connectivity index (χ3n) is 3.15. The number of hydrogen-bond donors (Lipinski definition) is 1. The van der Waals surface area contributed by atoms with Crippen LogP contribution in [0.3, 0.4) is 0 Å². The summed E-state index contributed by atoms with van der Waals surface area (Å²) in [5.41, 5.74) is 1.97. The van der Waals surface area contributed by atoms with Gasteiger partial charge in [-0.05, 0) is 23.3 Å². The molecule has 21 heavy (non-hydrogen) atoms. The lowest BCUT2D eigenvalue weighted by Crippen LogP contribution is -2.24. The van der Waals surface area contributed by atoms with Gasteiger partial charge in [0.2, 0.25) is 5.91 Å². The van der Waals surface area contributed by atoms with E-state index in [4.69, 9.17) is 9.47 Å². The standard InChI is InChI=1S/C17H19NO3/c1-20-15-9-8-14(10-16(15)21-2)12-18-17(19)11-13-6-4-3-5-7-13/h3-10H,11-12H2,1-2H3,(H,18,19). The molecule has 2 aromatic rings. The van der Waals surface area contributed by atoms with Crippen molar-refractivity contribution in [1.29, 1.82) is 0 Å². The van der Waals surface area contributed by atoms with Crippen LogP contribution >= 0.6 is 0 Å². The number of benzene rings is 2. The molecular weight excluding hydrogens is 266 g/mol. The largest absolute Gasteiger partial charge is 0.493 e. The van der Waals surface area contributed by atoms with Crippen LogP contribution < -0.4 is 14.8 Å². The van der Waals surface area contributed by atoms with Crippen LogP contribution in [0.5, 0.6) is 11.5 Å². The summed E-state index contributed by atoms with van der Waals surface area (Å²) in [5.74, 6) is 1.33. The first-order chi connectivity index (χ1) is 10.2. The lowest BCUT2D eigenvalue weighted by atomic mass is 10.1. The summed E-state index contributed by atoms with van der Waals surface area (Å²) in [6.07, 6.45) is 0.383. The molecule has 0 unspecified atom stereocenters. The molecule has 0 aliphatic rings. The summed E-state index contributed by atoms with van der Waals surface area (Å²) in [4.78, 5) is 11.9. The summed E-state index contributed by atoms with van der Waals surface area (Å²) >= 11 is 0. The molecule has 0 atom stereocenters. The van der Waals surface area contributed by atoms with Crippen molar-refractivity contribution in [2.45, 2.75) is 13.0 Å². The lowest BCUT2D eigenvalue weighted by Gasteiger charge is -2.10. The zero-order valence-corrected chi connectivity index (χ0v) is 12.3. The van der Waals surface area contributed by atoms with Crippen LogP contribution in [-0.4, -0.2) is 20.1 Å². The average Bonchev–Trinajstić information content (AvgIpc) is 2.53. The molecule has 0 spiro atoms. The number of hydrogen-bond acceptors (Lipinski definition) is 3. The Hall–Kier alpha value is -2.49. The SMILES string of the molecule is COc1ccc(CNC(=O)Cc2ccccc2)cc1OC. The number of carbonyl (C=O) groups is 1. The number of rotatable bonds is 6. The molecule has 0 heterocycles. The minimum absolute atomic E-state index is 0.00372. The monoisotopic (exact) mass is 285 g/mol. The summed E-state index contributed by atoms with van der Waals surface area (Å²) in [7, 11) is 3.19. The predicted molar refractivity (Wildman–Crippen MR) is 81.5 cm³/mol. The molecule has 4 nitrogen and oxygen atoms in total. The first-order valence-electron chi connectivity index (χ1n) is 6.74. The van der Waals surface area contributed by atoms with Gasteiger partial charge in [-0.25, -0.2) is 0 Å². The Kier molecular flexibility index (Phi) is 5.21. The minimum Gasteiger partial charge on any atom is -0.493 e. The third kappa shape index (κ3) is 4.24. The van der Waals surface area contributed by atoms with E-state index in [1.165, 1.54) is 0 Å². The first-order valence-corrected chi connectivity index (χ1v) is 6.74. The highest BCUT2D eigenvalue weighted by molar-refractivity contribution is 5.78. The summed E-state index contributed by atoms with van der Waals surface area (Å²) in [5, 5.41) is 2.90.